The average Bonchev–Trinajstić information content (AvgIpc) is 3.40. The molecule has 1 amide bonds. The molecule has 0 aromatic heterocycles. The highest BCUT2D eigenvalue weighted by atomic mass is 35.5. The minimum Gasteiger partial charge on any atom is -0.371 e. The zero-order valence-electron chi connectivity index (χ0n) is 12.7. The third-order valence-electron chi connectivity index (χ3n) is 4.06. The zero-order chi connectivity index (χ0) is 16.4. The second-order valence-electron chi connectivity index (χ2n) is 5.67. The van der Waals surface area contributed by atoms with Gasteiger partial charge in [0.25, 0.3) is 5.91 Å². The summed E-state index contributed by atoms with van der Waals surface area (Å²) in [6.07, 6.45) is 0.749. The van der Waals surface area contributed by atoms with Crippen molar-refractivity contribution in [3.63, 3.8) is 0 Å². The van der Waals surface area contributed by atoms with E-state index in [0.717, 1.165) is 5.56 Å². The number of carbonyl (C=O) groups excluding carboxylic acids is 1. The minimum atomic E-state index is -0.0278. The van der Waals surface area contributed by atoms with Crippen LogP contribution < -0.4 is 0 Å². The monoisotopic (exact) mass is 349 g/mol. The Bertz CT molecular complexity index is 701. The van der Waals surface area contributed by atoms with E-state index in [9.17, 15) is 4.79 Å². The number of ether oxygens (including phenoxy) is 1. The molecule has 0 saturated carbocycles. The number of halogens is 2. The van der Waals surface area contributed by atoms with Crippen LogP contribution in [0.5, 0.6) is 0 Å². The highest BCUT2D eigenvalue weighted by Gasteiger charge is 2.37. The summed E-state index contributed by atoms with van der Waals surface area (Å²) in [6.45, 7) is 0.679. The average molecular weight is 350 g/mol. The summed E-state index contributed by atoms with van der Waals surface area (Å²) in [5.41, 5.74) is 1.71. The molecule has 120 valence electrons. The van der Waals surface area contributed by atoms with Crippen molar-refractivity contribution in [2.24, 2.45) is 0 Å². The zero-order valence-corrected chi connectivity index (χ0v) is 14.2. The Hall–Kier alpha value is -1.55. The normalized spacial score (nSPS) is 17.6. The van der Waals surface area contributed by atoms with Crippen molar-refractivity contribution in [1.29, 1.82) is 0 Å². The number of nitrogens with zero attached hydrogens (tertiary/aromatic N) is 1. The third-order valence-corrected chi connectivity index (χ3v) is 4.79. The third kappa shape index (κ3) is 3.86. The molecule has 0 bridgehead atoms. The summed E-state index contributed by atoms with van der Waals surface area (Å²) in [5.74, 6) is -0.00818. The van der Waals surface area contributed by atoms with E-state index < -0.39 is 0 Å². The van der Waals surface area contributed by atoms with Crippen molar-refractivity contribution in [3.8, 4) is 0 Å². The van der Waals surface area contributed by atoms with Crippen LogP contribution in [0.2, 0.25) is 10.0 Å². The second-order valence-corrected chi connectivity index (χ2v) is 6.49. The predicted molar refractivity (Wildman–Crippen MR) is 92.2 cm³/mol. The van der Waals surface area contributed by atoms with E-state index in [1.54, 1.807) is 11.0 Å². The Morgan fingerprint density at radius 2 is 1.91 bits per heavy atom. The van der Waals surface area contributed by atoms with Gasteiger partial charge in [-0.15, -0.1) is 0 Å². The van der Waals surface area contributed by atoms with Crippen LogP contribution in [0.15, 0.2) is 48.5 Å². The van der Waals surface area contributed by atoms with Gasteiger partial charge >= 0.3 is 0 Å². The van der Waals surface area contributed by atoms with Gasteiger partial charge in [-0.3, -0.25) is 4.79 Å². The van der Waals surface area contributed by atoms with Crippen molar-refractivity contribution in [2.45, 2.75) is 18.6 Å². The maximum Gasteiger partial charge on any atom is 0.253 e. The van der Waals surface area contributed by atoms with Crippen LogP contribution in [-0.2, 0) is 11.2 Å². The molecule has 0 radical (unpaired) electrons. The van der Waals surface area contributed by atoms with Gasteiger partial charge < -0.3 is 9.64 Å². The van der Waals surface area contributed by atoms with Crippen LogP contribution in [0, 0.1) is 0 Å². The number of hydrogen-bond acceptors (Lipinski definition) is 2. The number of likely N-dealkylation sites (N-methyl/N-ethyl adjacent to an activating group) is 1. The molecule has 23 heavy (non-hydrogen) atoms. The molecule has 5 heteroatoms. The predicted octanol–water partition coefficient (Wildman–Crippen LogP) is 4.08. The van der Waals surface area contributed by atoms with Gasteiger partial charge in [0.15, 0.2) is 0 Å². The molecule has 3 rings (SSSR count). The summed E-state index contributed by atoms with van der Waals surface area (Å²) in [5, 5.41) is 1.06. The molecule has 0 spiro atoms. The van der Waals surface area contributed by atoms with Crippen molar-refractivity contribution in [3.05, 3.63) is 69.7 Å². The van der Waals surface area contributed by atoms with Crippen LogP contribution in [0.1, 0.15) is 15.9 Å². The highest BCUT2D eigenvalue weighted by molar-refractivity contribution is 6.42. The summed E-state index contributed by atoms with van der Waals surface area (Å²) in [7, 11) is 1.82. The van der Waals surface area contributed by atoms with Crippen molar-refractivity contribution in [2.75, 3.05) is 13.7 Å². The molecular weight excluding hydrogens is 333 g/mol. The van der Waals surface area contributed by atoms with Crippen LogP contribution in [0.25, 0.3) is 0 Å². The molecule has 0 N–H and O–H groups in total. The maximum absolute atomic E-state index is 12.7. The van der Waals surface area contributed by atoms with Gasteiger partial charge in [-0.1, -0.05) is 47.5 Å². The lowest BCUT2D eigenvalue weighted by Gasteiger charge is -2.27. The molecule has 1 fully saturated rings. The van der Waals surface area contributed by atoms with Gasteiger partial charge in [-0.05, 0) is 36.2 Å². The quantitative estimate of drug-likeness (QED) is 0.762. The summed E-state index contributed by atoms with van der Waals surface area (Å²) >= 11 is 12.1. The van der Waals surface area contributed by atoms with E-state index in [-0.39, 0.29) is 18.1 Å². The molecular formula is C18H17Cl2NO2. The van der Waals surface area contributed by atoms with Crippen molar-refractivity contribution < 1.29 is 9.53 Å². The lowest BCUT2D eigenvalue weighted by atomic mass is 10.0. The number of benzene rings is 2. The summed E-state index contributed by atoms with van der Waals surface area (Å²) < 4.78 is 5.45. The topological polar surface area (TPSA) is 32.8 Å². The number of carbonyl (C=O) groups is 1. The van der Waals surface area contributed by atoms with Gasteiger partial charge in [-0.25, -0.2) is 0 Å². The number of epoxide rings is 1. The lowest BCUT2D eigenvalue weighted by Crippen LogP contribution is -2.42. The van der Waals surface area contributed by atoms with E-state index >= 15 is 0 Å². The van der Waals surface area contributed by atoms with Crippen LogP contribution in [0.4, 0.5) is 0 Å². The van der Waals surface area contributed by atoms with Crippen molar-refractivity contribution in [1.82, 2.24) is 4.90 Å². The van der Waals surface area contributed by atoms with Crippen LogP contribution in [-0.4, -0.2) is 36.6 Å². The van der Waals surface area contributed by atoms with Gasteiger partial charge in [-0.2, -0.15) is 0 Å². The first kappa shape index (κ1) is 16.3. The molecule has 2 aromatic rings. The van der Waals surface area contributed by atoms with Crippen LogP contribution >= 0.6 is 23.2 Å². The Balaban J connectivity index is 1.78. The molecule has 1 aliphatic rings. The summed E-state index contributed by atoms with van der Waals surface area (Å²) in [4.78, 5) is 14.4. The fourth-order valence-electron chi connectivity index (χ4n) is 2.64. The van der Waals surface area contributed by atoms with E-state index in [4.69, 9.17) is 27.9 Å². The molecule has 3 nitrogen and oxygen atoms in total. The first-order valence-electron chi connectivity index (χ1n) is 7.44. The standard InChI is InChI=1S/C18H17Cl2NO2/c1-21(18(22)13-5-3-2-4-6-13)16(17-11-23-17)10-12-7-8-14(19)15(20)9-12/h2-9,16-17H,10-11H2,1H3. The smallest absolute Gasteiger partial charge is 0.253 e. The Morgan fingerprint density at radius 3 is 2.52 bits per heavy atom. The van der Waals surface area contributed by atoms with Gasteiger partial charge in [0.1, 0.15) is 6.10 Å². The largest absolute Gasteiger partial charge is 0.371 e. The number of hydrogen-bond donors (Lipinski definition) is 0. The van der Waals surface area contributed by atoms with Gasteiger partial charge in [0, 0.05) is 12.6 Å². The molecule has 1 saturated heterocycles. The first-order valence-corrected chi connectivity index (χ1v) is 8.19. The molecule has 2 atom stereocenters. The number of rotatable bonds is 5. The lowest BCUT2D eigenvalue weighted by molar-refractivity contribution is 0.0702. The molecule has 2 unspecified atom stereocenters. The molecule has 1 aliphatic heterocycles. The molecule has 0 aliphatic carbocycles. The first-order chi connectivity index (χ1) is 11.1. The Labute approximate surface area is 145 Å². The SMILES string of the molecule is CN(C(=O)c1ccccc1)C(Cc1ccc(Cl)c(Cl)c1)C1CO1. The van der Waals surface area contributed by atoms with E-state index in [2.05, 4.69) is 0 Å². The fraction of sp³-hybridized carbons (Fsp3) is 0.278. The minimum absolute atomic E-state index is 0.00818. The Morgan fingerprint density at radius 1 is 1.22 bits per heavy atom. The highest BCUT2D eigenvalue weighted by Crippen LogP contribution is 2.27. The van der Waals surface area contributed by atoms with E-state index in [1.807, 2.05) is 49.5 Å². The summed E-state index contributed by atoms with van der Waals surface area (Å²) in [6, 6.07) is 14.8. The molecule has 1 heterocycles. The second kappa shape index (κ2) is 6.91. The van der Waals surface area contributed by atoms with Crippen molar-refractivity contribution >= 4 is 29.1 Å². The number of amides is 1. The fourth-order valence-corrected chi connectivity index (χ4v) is 2.96. The Kier molecular flexibility index (Phi) is 4.90. The van der Waals surface area contributed by atoms with E-state index in [1.165, 1.54) is 0 Å². The van der Waals surface area contributed by atoms with Gasteiger partial charge in [0.2, 0.25) is 0 Å². The van der Waals surface area contributed by atoms with Crippen LogP contribution in [0.3, 0.4) is 0 Å². The molecule has 2 aromatic carbocycles. The maximum atomic E-state index is 12.7. The van der Waals surface area contributed by atoms with E-state index in [0.29, 0.717) is 28.6 Å². The van der Waals surface area contributed by atoms with Gasteiger partial charge in [0.05, 0.1) is 22.7 Å².